The van der Waals surface area contributed by atoms with Gasteiger partial charge in [-0.05, 0) is 50.8 Å². The lowest BCUT2D eigenvalue weighted by Gasteiger charge is -2.36. The molecule has 1 atom stereocenters. The highest BCUT2D eigenvalue weighted by atomic mass is 16.5. The van der Waals surface area contributed by atoms with Crippen LogP contribution in [0.2, 0.25) is 0 Å². The molecule has 1 fully saturated rings. The van der Waals surface area contributed by atoms with Crippen LogP contribution >= 0.6 is 0 Å². The third kappa shape index (κ3) is 4.33. The number of carbonyl (C=O) groups excluding carboxylic acids is 2. The SMILES string of the molecule is COCC(=O)NCC[C@H]1CCCCN1C(=O)c1cc2cc(C)ccc2n1C. The van der Waals surface area contributed by atoms with Crippen molar-refractivity contribution in [2.45, 2.75) is 38.6 Å². The van der Waals surface area contributed by atoms with Crippen LogP contribution in [0.5, 0.6) is 0 Å². The minimum atomic E-state index is -0.116. The molecule has 0 spiro atoms. The Hall–Kier alpha value is -2.34. The Bertz CT molecular complexity index is 827. The predicted octanol–water partition coefficient (Wildman–Crippen LogP) is 2.63. The summed E-state index contributed by atoms with van der Waals surface area (Å²) in [5.41, 5.74) is 2.99. The van der Waals surface area contributed by atoms with Gasteiger partial charge >= 0.3 is 0 Å². The van der Waals surface area contributed by atoms with Crippen LogP contribution in [0.1, 0.15) is 41.7 Å². The number of nitrogens with zero attached hydrogens (tertiary/aromatic N) is 2. The molecule has 1 aliphatic heterocycles. The molecule has 27 heavy (non-hydrogen) atoms. The second kappa shape index (κ2) is 8.57. The Kier molecular flexibility index (Phi) is 6.16. The molecule has 2 aromatic rings. The number of nitrogens with one attached hydrogen (secondary N) is 1. The first-order chi connectivity index (χ1) is 13.0. The molecule has 6 nitrogen and oxygen atoms in total. The first-order valence-electron chi connectivity index (χ1n) is 9.64. The molecule has 0 aliphatic carbocycles. The molecular formula is C21H29N3O3. The smallest absolute Gasteiger partial charge is 0.270 e. The minimum Gasteiger partial charge on any atom is -0.375 e. The molecule has 1 aromatic carbocycles. The maximum atomic E-state index is 13.3. The Balaban J connectivity index is 1.73. The molecule has 0 bridgehead atoms. The van der Waals surface area contributed by atoms with Crippen LogP contribution in [0.25, 0.3) is 10.9 Å². The van der Waals surface area contributed by atoms with Crippen LogP contribution in [0.15, 0.2) is 24.3 Å². The summed E-state index contributed by atoms with van der Waals surface area (Å²) in [6.45, 7) is 3.47. The number of likely N-dealkylation sites (tertiary alicyclic amines) is 1. The number of ether oxygens (including phenoxy) is 1. The Labute approximate surface area is 160 Å². The van der Waals surface area contributed by atoms with Crippen molar-refractivity contribution in [2.24, 2.45) is 7.05 Å². The second-order valence-electron chi connectivity index (χ2n) is 7.37. The summed E-state index contributed by atoms with van der Waals surface area (Å²) in [4.78, 5) is 26.8. The molecule has 2 amide bonds. The molecule has 0 unspecified atom stereocenters. The first kappa shape index (κ1) is 19.4. The molecule has 2 heterocycles. The number of methoxy groups -OCH3 is 1. The molecule has 1 aliphatic rings. The van der Waals surface area contributed by atoms with Gasteiger partial charge in [-0.3, -0.25) is 9.59 Å². The van der Waals surface area contributed by atoms with E-state index in [0.29, 0.717) is 6.54 Å². The van der Waals surface area contributed by atoms with E-state index in [9.17, 15) is 9.59 Å². The third-order valence-corrected chi connectivity index (χ3v) is 5.38. The summed E-state index contributed by atoms with van der Waals surface area (Å²) >= 11 is 0. The van der Waals surface area contributed by atoms with Crippen molar-refractivity contribution in [3.05, 3.63) is 35.5 Å². The van der Waals surface area contributed by atoms with Gasteiger partial charge in [-0.15, -0.1) is 0 Å². The zero-order valence-corrected chi connectivity index (χ0v) is 16.5. The van der Waals surface area contributed by atoms with Crippen molar-refractivity contribution in [3.8, 4) is 0 Å². The molecular weight excluding hydrogens is 342 g/mol. The number of aryl methyl sites for hydroxylation is 2. The summed E-state index contributed by atoms with van der Waals surface area (Å²) in [5.74, 6) is -0.0329. The van der Waals surface area contributed by atoms with E-state index in [0.717, 1.165) is 48.8 Å². The van der Waals surface area contributed by atoms with Crippen LogP contribution < -0.4 is 5.32 Å². The van der Waals surface area contributed by atoms with Crippen molar-refractivity contribution in [1.82, 2.24) is 14.8 Å². The summed E-state index contributed by atoms with van der Waals surface area (Å²) in [6, 6.07) is 8.42. The van der Waals surface area contributed by atoms with Gasteiger partial charge in [-0.1, -0.05) is 11.6 Å². The van der Waals surface area contributed by atoms with Crippen LogP contribution in [0, 0.1) is 6.92 Å². The normalized spacial score (nSPS) is 17.3. The Morgan fingerprint density at radius 2 is 2.07 bits per heavy atom. The largest absolute Gasteiger partial charge is 0.375 e. The summed E-state index contributed by atoms with van der Waals surface area (Å²) in [7, 11) is 3.46. The molecule has 0 radical (unpaired) electrons. The van der Waals surface area contributed by atoms with Crippen molar-refractivity contribution in [1.29, 1.82) is 0 Å². The minimum absolute atomic E-state index is 0.0721. The summed E-state index contributed by atoms with van der Waals surface area (Å²) in [5, 5.41) is 3.96. The first-order valence-corrected chi connectivity index (χ1v) is 9.64. The maximum Gasteiger partial charge on any atom is 0.270 e. The van der Waals surface area contributed by atoms with Crippen molar-refractivity contribution < 1.29 is 14.3 Å². The van der Waals surface area contributed by atoms with E-state index in [2.05, 4.69) is 30.4 Å². The lowest BCUT2D eigenvalue weighted by molar-refractivity contribution is -0.124. The van der Waals surface area contributed by atoms with E-state index in [1.807, 2.05) is 22.6 Å². The molecule has 1 N–H and O–H groups in total. The van der Waals surface area contributed by atoms with Crippen LogP contribution in [-0.4, -0.2) is 54.1 Å². The highest BCUT2D eigenvalue weighted by Crippen LogP contribution is 2.25. The van der Waals surface area contributed by atoms with Crippen molar-refractivity contribution in [2.75, 3.05) is 26.8 Å². The monoisotopic (exact) mass is 371 g/mol. The van der Waals surface area contributed by atoms with Crippen LogP contribution in [0.3, 0.4) is 0 Å². The molecule has 6 heteroatoms. The van der Waals surface area contributed by atoms with E-state index in [4.69, 9.17) is 4.74 Å². The average Bonchev–Trinajstić information content (AvgIpc) is 2.97. The van der Waals surface area contributed by atoms with E-state index >= 15 is 0 Å². The lowest BCUT2D eigenvalue weighted by atomic mass is 9.98. The number of aromatic nitrogens is 1. The van der Waals surface area contributed by atoms with Crippen molar-refractivity contribution >= 4 is 22.7 Å². The molecule has 3 rings (SSSR count). The number of hydrogen-bond acceptors (Lipinski definition) is 3. The number of fused-ring (bicyclic) bond motifs is 1. The fourth-order valence-electron chi connectivity index (χ4n) is 3.95. The third-order valence-electron chi connectivity index (χ3n) is 5.38. The van der Waals surface area contributed by atoms with Gasteiger partial charge in [0.15, 0.2) is 0 Å². The van der Waals surface area contributed by atoms with Gasteiger partial charge in [-0.25, -0.2) is 0 Å². The number of amides is 2. The fraction of sp³-hybridized carbons (Fsp3) is 0.524. The Morgan fingerprint density at radius 3 is 2.85 bits per heavy atom. The van der Waals surface area contributed by atoms with Gasteiger partial charge in [0.05, 0.1) is 0 Å². The van der Waals surface area contributed by atoms with E-state index in [1.165, 1.54) is 12.7 Å². The van der Waals surface area contributed by atoms with Gasteiger partial charge in [0, 0.05) is 44.2 Å². The molecule has 0 saturated carbocycles. The van der Waals surface area contributed by atoms with Gasteiger partial charge in [0.2, 0.25) is 5.91 Å². The van der Waals surface area contributed by atoms with Crippen LogP contribution in [-0.2, 0) is 16.6 Å². The van der Waals surface area contributed by atoms with E-state index < -0.39 is 0 Å². The van der Waals surface area contributed by atoms with Gasteiger partial charge in [0.1, 0.15) is 12.3 Å². The zero-order chi connectivity index (χ0) is 19.4. The quantitative estimate of drug-likeness (QED) is 0.849. The number of rotatable bonds is 6. The Morgan fingerprint density at radius 1 is 1.26 bits per heavy atom. The number of hydrogen-bond donors (Lipinski definition) is 1. The molecule has 1 saturated heterocycles. The number of carbonyl (C=O) groups is 2. The maximum absolute atomic E-state index is 13.3. The zero-order valence-electron chi connectivity index (χ0n) is 16.5. The fourth-order valence-corrected chi connectivity index (χ4v) is 3.95. The lowest BCUT2D eigenvalue weighted by Crippen LogP contribution is -2.45. The van der Waals surface area contributed by atoms with Crippen LogP contribution in [0.4, 0.5) is 0 Å². The van der Waals surface area contributed by atoms with Gasteiger partial charge in [0.25, 0.3) is 5.91 Å². The predicted molar refractivity (Wildman–Crippen MR) is 106 cm³/mol. The van der Waals surface area contributed by atoms with Gasteiger partial charge < -0.3 is 19.5 Å². The summed E-state index contributed by atoms with van der Waals surface area (Å²) < 4.78 is 6.82. The highest BCUT2D eigenvalue weighted by Gasteiger charge is 2.29. The molecule has 146 valence electrons. The average molecular weight is 371 g/mol. The number of piperidine rings is 1. The standard InChI is InChI=1S/C21H29N3O3/c1-15-7-8-18-16(12-15)13-19(23(18)2)21(26)24-11-5-4-6-17(24)9-10-22-20(25)14-27-3/h7-8,12-13,17H,4-6,9-11,14H2,1-3H3,(H,22,25)/t17-/m1/s1. The highest BCUT2D eigenvalue weighted by molar-refractivity contribution is 5.99. The van der Waals surface area contributed by atoms with E-state index in [-0.39, 0.29) is 24.5 Å². The number of benzene rings is 1. The summed E-state index contributed by atoms with van der Waals surface area (Å²) in [6.07, 6.45) is 3.90. The van der Waals surface area contributed by atoms with E-state index in [1.54, 1.807) is 0 Å². The van der Waals surface area contributed by atoms with Crippen molar-refractivity contribution in [3.63, 3.8) is 0 Å². The molecule has 1 aromatic heterocycles. The van der Waals surface area contributed by atoms with Gasteiger partial charge in [-0.2, -0.15) is 0 Å². The topological polar surface area (TPSA) is 63.6 Å². The second-order valence-corrected chi connectivity index (χ2v) is 7.37.